The Balaban J connectivity index is 1.19. The molecule has 0 unspecified atom stereocenters. The van der Waals surface area contributed by atoms with Crippen molar-refractivity contribution >= 4 is 17.4 Å². The van der Waals surface area contributed by atoms with E-state index < -0.39 is 0 Å². The second kappa shape index (κ2) is 11.8. The first-order valence-corrected chi connectivity index (χ1v) is 14.7. The molecule has 1 aliphatic heterocycles. The van der Waals surface area contributed by atoms with Crippen LogP contribution in [-0.2, 0) is 22.6 Å². The minimum absolute atomic E-state index is 0.00113. The third-order valence-electron chi connectivity index (χ3n) is 7.76. The highest BCUT2D eigenvalue weighted by atomic mass is 16.5. The predicted molar refractivity (Wildman–Crippen MR) is 166 cm³/mol. The Morgan fingerprint density at radius 2 is 1.70 bits per heavy atom. The number of hydrogen-bond donors (Lipinski definition) is 0. The maximum Gasteiger partial charge on any atom is 0.339 e. The number of carbonyl (C=O) groups is 1. The number of hydrogen-bond acceptors (Lipinski definition) is 8. The van der Waals surface area contributed by atoms with Crippen molar-refractivity contribution < 1.29 is 14.3 Å². The van der Waals surface area contributed by atoms with Gasteiger partial charge in [-0.05, 0) is 43.2 Å². The Labute approximate surface area is 254 Å². The summed E-state index contributed by atoms with van der Waals surface area (Å²) in [6.45, 7) is 6.73. The molecular weight excluding hydrogens is 556 g/mol. The van der Waals surface area contributed by atoms with E-state index in [-0.39, 0.29) is 12.7 Å². The van der Waals surface area contributed by atoms with E-state index >= 15 is 0 Å². The van der Waals surface area contributed by atoms with Crippen molar-refractivity contribution in [2.75, 3.05) is 31.2 Å². The molecule has 7 rings (SSSR count). The summed E-state index contributed by atoms with van der Waals surface area (Å²) in [6, 6.07) is 25.4. The summed E-state index contributed by atoms with van der Waals surface area (Å²) in [5, 5.41) is 14.5. The highest BCUT2D eigenvalue weighted by Gasteiger charge is 2.21. The zero-order valence-corrected chi connectivity index (χ0v) is 24.6. The molecule has 4 aromatic heterocycles. The summed E-state index contributed by atoms with van der Waals surface area (Å²) in [6.07, 6.45) is 2.77. The molecular formula is C33H32N8O3. The van der Waals surface area contributed by atoms with Gasteiger partial charge < -0.3 is 14.4 Å². The van der Waals surface area contributed by atoms with Gasteiger partial charge in [-0.2, -0.15) is 19.8 Å². The van der Waals surface area contributed by atoms with Gasteiger partial charge in [0.2, 0.25) is 0 Å². The molecule has 1 fully saturated rings. The molecule has 0 saturated carbocycles. The first-order valence-electron chi connectivity index (χ1n) is 14.7. The molecule has 11 nitrogen and oxygen atoms in total. The topological polar surface area (TPSA) is 105 Å². The van der Waals surface area contributed by atoms with Crippen LogP contribution in [0.5, 0.6) is 0 Å². The predicted octanol–water partition coefficient (Wildman–Crippen LogP) is 4.97. The molecule has 0 aliphatic carbocycles. The number of aryl methyl sites for hydroxylation is 2. The van der Waals surface area contributed by atoms with Gasteiger partial charge in [0.05, 0.1) is 24.5 Å². The van der Waals surface area contributed by atoms with Gasteiger partial charge in [0.1, 0.15) is 17.2 Å². The van der Waals surface area contributed by atoms with Crippen molar-refractivity contribution in [1.82, 2.24) is 34.2 Å². The molecule has 0 spiro atoms. The van der Waals surface area contributed by atoms with Gasteiger partial charge in [0.25, 0.3) is 0 Å². The van der Waals surface area contributed by atoms with Crippen LogP contribution in [0.25, 0.3) is 34.1 Å². The van der Waals surface area contributed by atoms with Crippen LogP contribution >= 0.6 is 0 Å². The second-order valence-electron chi connectivity index (χ2n) is 10.7. The first-order chi connectivity index (χ1) is 21.6. The molecule has 6 aromatic rings. The highest BCUT2D eigenvalue weighted by molar-refractivity contribution is 5.89. The smallest absolute Gasteiger partial charge is 0.339 e. The van der Waals surface area contributed by atoms with Gasteiger partial charge in [-0.3, -0.25) is 0 Å². The minimum atomic E-state index is -0.384. The monoisotopic (exact) mass is 588 g/mol. The largest absolute Gasteiger partial charge is 0.439 e. The Kier molecular flexibility index (Phi) is 7.37. The van der Waals surface area contributed by atoms with Gasteiger partial charge in [0.15, 0.2) is 18.2 Å². The Bertz CT molecular complexity index is 1940. The molecule has 0 bridgehead atoms. The molecule has 1 saturated heterocycles. The number of fused-ring (bicyclic) bond motifs is 1. The van der Waals surface area contributed by atoms with E-state index in [0.29, 0.717) is 41.6 Å². The van der Waals surface area contributed by atoms with E-state index in [2.05, 4.69) is 11.8 Å². The summed E-state index contributed by atoms with van der Waals surface area (Å²) >= 11 is 0. The maximum atomic E-state index is 12.7. The maximum absolute atomic E-state index is 12.7. The van der Waals surface area contributed by atoms with Crippen molar-refractivity contribution in [3.8, 4) is 28.5 Å². The number of ether oxygens (including phenoxy) is 2. The summed E-state index contributed by atoms with van der Waals surface area (Å²) in [4.78, 5) is 19.9. The number of anilines is 1. The van der Waals surface area contributed by atoms with Gasteiger partial charge in [-0.1, -0.05) is 49.4 Å². The van der Waals surface area contributed by atoms with Crippen LogP contribution in [0.4, 0.5) is 5.82 Å². The molecule has 0 atom stereocenters. The lowest BCUT2D eigenvalue weighted by Crippen LogP contribution is -2.37. The number of rotatable bonds is 8. The average Bonchev–Trinajstić information content (AvgIpc) is 3.82. The second-order valence-corrected chi connectivity index (χ2v) is 10.7. The third kappa shape index (κ3) is 5.45. The Morgan fingerprint density at radius 1 is 0.886 bits per heavy atom. The summed E-state index contributed by atoms with van der Waals surface area (Å²) < 4.78 is 16.5. The van der Waals surface area contributed by atoms with Crippen LogP contribution in [-0.4, -0.2) is 66.4 Å². The molecule has 2 aromatic carbocycles. The van der Waals surface area contributed by atoms with Crippen molar-refractivity contribution in [1.29, 1.82) is 0 Å². The van der Waals surface area contributed by atoms with Crippen LogP contribution in [0.15, 0.2) is 85.1 Å². The summed E-state index contributed by atoms with van der Waals surface area (Å²) in [5.41, 5.74) is 6.37. The number of esters is 1. The number of aromatic nitrogens is 7. The standard InChI is InChI=1S/C33H32N8O3/c1-3-24-8-7-11-26(19-24)33(42)44-22-40-23(2)18-28(36-40)29-20-31-34-30(21-32(41(31)37-29)38-14-16-43-17-15-38)39-13-12-27(35-39)25-9-5-4-6-10-25/h4-13,18-21H,3,14-17,22H2,1-2H3. The van der Waals surface area contributed by atoms with Crippen molar-refractivity contribution in [2.24, 2.45) is 0 Å². The molecule has 1 aliphatic rings. The minimum Gasteiger partial charge on any atom is -0.439 e. The van der Waals surface area contributed by atoms with E-state index in [1.54, 1.807) is 15.4 Å². The van der Waals surface area contributed by atoms with Gasteiger partial charge >= 0.3 is 5.97 Å². The number of nitrogens with zero attached hydrogens (tertiary/aromatic N) is 8. The lowest BCUT2D eigenvalue weighted by atomic mass is 10.1. The first kappa shape index (κ1) is 27.5. The molecule has 11 heteroatoms. The fraction of sp³-hybridized carbons (Fsp3) is 0.242. The van der Waals surface area contributed by atoms with Crippen LogP contribution in [0, 0.1) is 6.92 Å². The van der Waals surface area contributed by atoms with Crippen LogP contribution < -0.4 is 4.90 Å². The van der Waals surface area contributed by atoms with Crippen molar-refractivity contribution in [3.63, 3.8) is 0 Å². The fourth-order valence-electron chi connectivity index (χ4n) is 5.31. The van der Waals surface area contributed by atoms with E-state index in [0.717, 1.165) is 47.8 Å². The normalized spacial score (nSPS) is 13.5. The highest BCUT2D eigenvalue weighted by Crippen LogP contribution is 2.26. The zero-order chi connectivity index (χ0) is 30.0. The lowest BCUT2D eigenvalue weighted by molar-refractivity contribution is 0.0346. The number of benzene rings is 2. The molecule has 5 heterocycles. The lowest BCUT2D eigenvalue weighted by Gasteiger charge is -2.29. The molecule has 0 amide bonds. The van der Waals surface area contributed by atoms with Crippen LogP contribution in [0.2, 0.25) is 0 Å². The fourth-order valence-corrected chi connectivity index (χ4v) is 5.31. The van der Waals surface area contributed by atoms with Gasteiger partial charge in [-0.25, -0.2) is 19.1 Å². The molecule has 0 N–H and O–H groups in total. The van der Waals surface area contributed by atoms with E-state index in [4.69, 9.17) is 29.8 Å². The zero-order valence-electron chi connectivity index (χ0n) is 24.6. The van der Waals surface area contributed by atoms with Crippen LogP contribution in [0.1, 0.15) is 28.5 Å². The molecule has 0 radical (unpaired) electrons. The quantitative estimate of drug-likeness (QED) is 0.230. The average molecular weight is 589 g/mol. The SMILES string of the molecule is CCc1cccc(C(=O)OCn2nc(-c3cc4nc(-n5ccc(-c6ccccc6)n5)cc(N5CCOCC5)n4n3)cc2C)c1. The van der Waals surface area contributed by atoms with E-state index in [9.17, 15) is 4.79 Å². The van der Waals surface area contributed by atoms with Crippen molar-refractivity contribution in [2.45, 2.75) is 27.0 Å². The van der Waals surface area contributed by atoms with Gasteiger partial charge in [-0.15, -0.1) is 0 Å². The van der Waals surface area contributed by atoms with E-state index in [1.807, 2.05) is 90.4 Å². The van der Waals surface area contributed by atoms with Crippen LogP contribution in [0.3, 0.4) is 0 Å². The summed E-state index contributed by atoms with van der Waals surface area (Å²) in [7, 11) is 0. The van der Waals surface area contributed by atoms with E-state index in [1.165, 1.54) is 0 Å². The molecule has 44 heavy (non-hydrogen) atoms. The van der Waals surface area contributed by atoms with Crippen molar-refractivity contribution in [3.05, 3.63) is 102 Å². The number of carbonyl (C=O) groups excluding carboxylic acids is 1. The Morgan fingerprint density at radius 3 is 2.52 bits per heavy atom. The Hall–Kier alpha value is -5.29. The third-order valence-corrected chi connectivity index (χ3v) is 7.76. The summed E-state index contributed by atoms with van der Waals surface area (Å²) in [5.74, 6) is 1.20. The molecule has 222 valence electrons. The van der Waals surface area contributed by atoms with Gasteiger partial charge in [0, 0.05) is 42.7 Å². The number of morpholine rings is 1.